The number of para-hydroxylation sites is 1. The summed E-state index contributed by atoms with van der Waals surface area (Å²) in [6, 6.07) is 7.91. The molecule has 1 aliphatic heterocycles. The van der Waals surface area contributed by atoms with Gasteiger partial charge in [0.2, 0.25) is 0 Å². The van der Waals surface area contributed by atoms with E-state index in [-0.39, 0.29) is 6.03 Å². The topological polar surface area (TPSA) is 45.2 Å². The van der Waals surface area contributed by atoms with Crippen LogP contribution in [0.4, 0.5) is 9.93 Å². The average molecular weight is 289 g/mol. The third-order valence-corrected chi connectivity index (χ3v) is 4.62. The van der Waals surface area contributed by atoms with Crippen molar-refractivity contribution >= 4 is 32.7 Å². The number of thiazole rings is 1. The van der Waals surface area contributed by atoms with Crippen molar-refractivity contribution in [2.24, 2.45) is 11.8 Å². The van der Waals surface area contributed by atoms with Crippen LogP contribution in [0.2, 0.25) is 0 Å². The Morgan fingerprint density at radius 2 is 2.00 bits per heavy atom. The number of anilines is 1. The van der Waals surface area contributed by atoms with Crippen LogP contribution in [-0.2, 0) is 0 Å². The van der Waals surface area contributed by atoms with Crippen LogP contribution in [0, 0.1) is 11.8 Å². The average Bonchev–Trinajstić information content (AvgIpc) is 2.79. The molecular formula is C15H19N3OS. The van der Waals surface area contributed by atoms with E-state index in [1.165, 1.54) is 17.8 Å². The predicted octanol–water partition coefficient (Wildman–Crippen LogP) is 3.81. The molecule has 2 heterocycles. The molecule has 0 bridgehead atoms. The van der Waals surface area contributed by atoms with E-state index in [1.807, 2.05) is 29.2 Å². The number of carbonyl (C=O) groups is 1. The smallest absolute Gasteiger partial charge is 0.323 e. The Morgan fingerprint density at radius 1 is 1.30 bits per heavy atom. The number of benzene rings is 1. The zero-order valence-electron chi connectivity index (χ0n) is 11.8. The van der Waals surface area contributed by atoms with Crippen LogP contribution < -0.4 is 5.32 Å². The maximum absolute atomic E-state index is 12.3. The summed E-state index contributed by atoms with van der Waals surface area (Å²) in [6.45, 7) is 6.07. The standard InChI is InChI=1S/C15H19N3OS/c1-10-7-11(2)9-18(8-10)15(19)17-14-16-12-5-3-4-6-13(12)20-14/h3-6,10-11H,7-9H2,1-2H3,(H,16,17,19). The first-order valence-electron chi connectivity index (χ1n) is 7.03. The Labute approximate surface area is 122 Å². The van der Waals surface area contributed by atoms with E-state index in [0.717, 1.165) is 23.3 Å². The molecule has 20 heavy (non-hydrogen) atoms. The van der Waals surface area contributed by atoms with Gasteiger partial charge in [-0.05, 0) is 30.4 Å². The molecule has 0 spiro atoms. The van der Waals surface area contributed by atoms with E-state index in [4.69, 9.17) is 0 Å². The highest BCUT2D eigenvalue weighted by Crippen LogP contribution is 2.26. The van der Waals surface area contributed by atoms with Crippen molar-refractivity contribution in [2.45, 2.75) is 20.3 Å². The van der Waals surface area contributed by atoms with Gasteiger partial charge < -0.3 is 4.90 Å². The quantitative estimate of drug-likeness (QED) is 0.867. The van der Waals surface area contributed by atoms with Crippen LogP contribution in [0.1, 0.15) is 20.3 Å². The van der Waals surface area contributed by atoms with Crippen molar-refractivity contribution in [1.82, 2.24) is 9.88 Å². The second kappa shape index (κ2) is 5.40. The summed E-state index contributed by atoms with van der Waals surface area (Å²) < 4.78 is 1.10. The van der Waals surface area contributed by atoms with Crippen molar-refractivity contribution in [2.75, 3.05) is 18.4 Å². The molecule has 2 atom stereocenters. The molecule has 2 aromatic rings. The normalized spacial score (nSPS) is 23.0. The first-order chi connectivity index (χ1) is 9.61. The van der Waals surface area contributed by atoms with E-state index in [2.05, 4.69) is 24.1 Å². The lowest BCUT2D eigenvalue weighted by Gasteiger charge is -2.34. The summed E-state index contributed by atoms with van der Waals surface area (Å²) >= 11 is 1.52. The zero-order valence-corrected chi connectivity index (χ0v) is 12.6. The number of aromatic nitrogens is 1. The molecule has 5 heteroatoms. The van der Waals surface area contributed by atoms with Crippen LogP contribution in [0.3, 0.4) is 0 Å². The number of fused-ring (bicyclic) bond motifs is 1. The summed E-state index contributed by atoms with van der Waals surface area (Å²) in [7, 11) is 0. The number of carbonyl (C=O) groups excluding carboxylic acids is 1. The molecule has 3 rings (SSSR count). The number of nitrogens with zero attached hydrogens (tertiary/aromatic N) is 2. The molecule has 2 amide bonds. The molecule has 1 aromatic heterocycles. The van der Waals surface area contributed by atoms with Gasteiger partial charge in [0.25, 0.3) is 0 Å². The summed E-state index contributed by atoms with van der Waals surface area (Å²) in [6.07, 6.45) is 1.20. The first-order valence-corrected chi connectivity index (χ1v) is 7.85. The fraction of sp³-hybridized carbons (Fsp3) is 0.467. The maximum atomic E-state index is 12.3. The number of rotatable bonds is 1. The van der Waals surface area contributed by atoms with Crippen LogP contribution in [0.25, 0.3) is 10.2 Å². The predicted molar refractivity (Wildman–Crippen MR) is 83.2 cm³/mol. The van der Waals surface area contributed by atoms with E-state index in [0.29, 0.717) is 17.0 Å². The van der Waals surface area contributed by atoms with Gasteiger partial charge in [-0.15, -0.1) is 0 Å². The highest BCUT2D eigenvalue weighted by Gasteiger charge is 2.25. The van der Waals surface area contributed by atoms with Gasteiger partial charge in [-0.3, -0.25) is 5.32 Å². The van der Waals surface area contributed by atoms with Crippen molar-refractivity contribution in [3.8, 4) is 0 Å². The van der Waals surface area contributed by atoms with Gasteiger partial charge in [-0.1, -0.05) is 37.3 Å². The number of likely N-dealkylation sites (tertiary alicyclic amines) is 1. The lowest BCUT2D eigenvalue weighted by Crippen LogP contribution is -2.44. The fourth-order valence-electron chi connectivity index (χ4n) is 2.92. The molecule has 1 fully saturated rings. The van der Waals surface area contributed by atoms with Gasteiger partial charge in [-0.25, -0.2) is 9.78 Å². The number of amides is 2. The minimum absolute atomic E-state index is 0.0255. The third-order valence-electron chi connectivity index (χ3n) is 3.66. The second-order valence-corrected chi connectivity index (χ2v) is 6.80. The number of hydrogen-bond acceptors (Lipinski definition) is 3. The fourth-order valence-corrected chi connectivity index (χ4v) is 3.78. The molecule has 1 aliphatic rings. The minimum Gasteiger partial charge on any atom is -0.324 e. The van der Waals surface area contributed by atoms with E-state index in [1.54, 1.807) is 0 Å². The lowest BCUT2D eigenvalue weighted by molar-refractivity contribution is 0.156. The minimum atomic E-state index is -0.0255. The van der Waals surface area contributed by atoms with Crippen molar-refractivity contribution in [1.29, 1.82) is 0 Å². The first kappa shape index (κ1) is 13.4. The number of piperidine rings is 1. The molecule has 1 N–H and O–H groups in total. The van der Waals surface area contributed by atoms with Crippen molar-refractivity contribution in [3.63, 3.8) is 0 Å². The summed E-state index contributed by atoms with van der Waals surface area (Å²) in [5, 5.41) is 3.62. The Morgan fingerprint density at radius 3 is 2.70 bits per heavy atom. The van der Waals surface area contributed by atoms with Crippen molar-refractivity contribution < 1.29 is 4.79 Å². The molecule has 1 aromatic carbocycles. The van der Waals surface area contributed by atoms with Crippen LogP contribution in [0.5, 0.6) is 0 Å². The largest absolute Gasteiger partial charge is 0.324 e. The zero-order chi connectivity index (χ0) is 14.1. The molecule has 4 nitrogen and oxygen atoms in total. The van der Waals surface area contributed by atoms with Crippen LogP contribution in [-0.4, -0.2) is 29.0 Å². The van der Waals surface area contributed by atoms with Gasteiger partial charge in [0.1, 0.15) is 0 Å². The Kier molecular flexibility index (Phi) is 3.61. The van der Waals surface area contributed by atoms with Gasteiger partial charge in [0.05, 0.1) is 10.2 Å². The molecule has 106 valence electrons. The highest BCUT2D eigenvalue weighted by molar-refractivity contribution is 7.22. The van der Waals surface area contributed by atoms with Crippen LogP contribution >= 0.6 is 11.3 Å². The summed E-state index contributed by atoms with van der Waals surface area (Å²) in [5.41, 5.74) is 0.938. The lowest BCUT2D eigenvalue weighted by atomic mass is 9.92. The summed E-state index contributed by atoms with van der Waals surface area (Å²) in [5.74, 6) is 1.14. The Balaban J connectivity index is 1.72. The highest BCUT2D eigenvalue weighted by atomic mass is 32.1. The third kappa shape index (κ3) is 2.77. The molecule has 0 aliphatic carbocycles. The Hall–Kier alpha value is -1.62. The van der Waals surface area contributed by atoms with E-state index in [9.17, 15) is 4.79 Å². The van der Waals surface area contributed by atoms with Crippen molar-refractivity contribution in [3.05, 3.63) is 24.3 Å². The monoisotopic (exact) mass is 289 g/mol. The number of urea groups is 1. The molecule has 1 saturated heterocycles. The maximum Gasteiger partial charge on any atom is 0.323 e. The second-order valence-electron chi connectivity index (χ2n) is 5.77. The number of hydrogen-bond donors (Lipinski definition) is 1. The van der Waals surface area contributed by atoms with Crippen LogP contribution in [0.15, 0.2) is 24.3 Å². The SMILES string of the molecule is CC1CC(C)CN(C(=O)Nc2nc3ccccc3s2)C1. The van der Waals surface area contributed by atoms with Gasteiger partial charge in [-0.2, -0.15) is 0 Å². The van der Waals surface area contributed by atoms with Gasteiger partial charge in [0, 0.05) is 13.1 Å². The molecular weight excluding hydrogens is 270 g/mol. The molecule has 2 unspecified atom stereocenters. The Bertz CT molecular complexity index is 581. The molecule has 0 radical (unpaired) electrons. The summed E-state index contributed by atoms with van der Waals surface area (Å²) in [4.78, 5) is 18.7. The van der Waals surface area contributed by atoms with Gasteiger partial charge >= 0.3 is 6.03 Å². The van der Waals surface area contributed by atoms with Gasteiger partial charge in [0.15, 0.2) is 5.13 Å². The van der Waals surface area contributed by atoms with E-state index < -0.39 is 0 Å². The number of nitrogens with one attached hydrogen (secondary N) is 1. The van der Waals surface area contributed by atoms with E-state index >= 15 is 0 Å². The molecule has 0 saturated carbocycles.